The smallest absolute Gasteiger partial charge is 0.264 e. The molecule has 3 atom stereocenters. The first-order valence-corrected chi connectivity index (χ1v) is 14.6. The van der Waals surface area contributed by atoms with Gasteiger partial charge in [0.05, 0.1) is 27.2 Å². The molecule has 1 aliphatic rings. The predicted octanol–water partition coefficient (Wildman–Crippen LogP) is 4.81. The van der Waals surface area contributed by atoms with Crippen LogP contribution in [0.2, 0.25) is 0 Å². The number of aryl methyl sites for hydroxylation is 2. The summed E-state index contributed by atoms with van der Waals surface area (Å²) in [6, 6.07) is 23.8. The summed E-state index contributed by atoms with van der Waals surface area (Å²) in [5, 5.41) is 8.65. The van der Waals surface area contributed by atoms with E-state index >= 15 is 0 Å². The predicted molar refractivity (Wildman–Crippen MR) is 139 cm³/mol. The molecule has 0 saturated heterocycles. The first-order chi connectivity index (χ1) is 17.1. The van der Waals surface area contributed by atoms with Crippen molar-refractivity contribution in [1.82, 2.24) is 4.31 Å². The summed E-state index contributed by atoms with van der Waals surface area (Å²) in [6.07, 6.45) is 2.94. The molecule has 0 amide bonds. The Balaban J connectivity index is 1.85. The molecule has 0 bridgehead atoms. The van der Waals surface area contributed by atoms with Crippen molar-refractivity contribution < 1.29 is 16.8 Å². The number of sulfone groups is 1. The fourth-order valence-corrected chi connectivity index (χ4v) is 7.98. The minimum absolute atomic E-state index is 0.114. The van der Waals surface area contributed by atoms with E-state index in [1.54, 1.807) is 48.5 Å². The lowest BCUT2D eigenvalue weighted by molar-refractivity contribution is 0.270. The van der Waals surface area contributed by atoms with E-state index in [1.165, 1.54) is 16.6 Å². The highest BCUT2D eigenvalue weighted by Gasteiger charge is 2.45. The number of sulfonamides is 1. The van der Waals surface area contributed by atoms with Gasteiger partial charge in [0.15, 0.2) is 9.84 Å². The third kappa shape index (κ3) is 5.08. The largest absolute Gasteiger partial charge is 0.270 e. The van der Waals surface area contributed by atoms with Gasteiger partial charge in [0.1, 0.15) is 0 Å². The Labute approximate surface area is 213 Å². The molecule has 4 rings (SSSR count). The lowest BCUT2D eigenvalue weighted by Gasteiger charge is -2.41. The van der Waals surface area contributed by atoms with Crippen LogP contribution < -0.4 is 0 Å². The lowest BCUT2D eigenvalue weighted by atomic mass is 9.86. The van der Waals surface area contributed by atoms with Gasteiger partial charge in [-0.1, -0.05) is 65.7 Å². The molecule has 3 aromatic carbocycles. The summed E-state index contributed by atoms with van der Waals surface area (Å²) in [4.78, 5) is 0.269. The minimum Gasteiger partial charge on any atom is -0.270 e. The fraction of sp³-hybridized carbons (Fsp3) is 0.250. The van der Waals surface area contributed by atoms with Gasteiger partial charge >= 0.3 is 0 Å². The monoisotopic (exact) mass is 520 g/mol. The van der Waals surface area contributed by atoms with Gasteiger partial charge in [0, 0.05) is 18.5 Å². The molecular formula is C28H28N2O4S2. The number of nitriles is 1. The second kappa shape index (κ2) is 10.3. The van der Waals surface area contributed by atoms with Crippen molar-refractivity contribution in [3.05, 3.63) is 108 Å². The average molecular weight is 521 g/mol. The van der Waals surface area contributed by atoms with Crippen LogP contribution in [-0.2, 0) is 26.3 Å². The molecule has 1 aliphatic heterocycles. The quantitative estimate of drug-likeness (QED) is 0.446. The van der Waals surface area contributed by atoms with E-state index in [2.05, 4.69) is 6.07 Å². The van der Waals surface area contributed by atoms with Crippen LogP contribution in [0.5, 0.6) is 0 Å². The molecule has 6 nitrogen and oxygen atoms in total. The SMILES string of the molecule is Cc1ccc(S(=O)(=O)[C@@H]2C=CN(S(=O)(=O)c3ccc(C)cc3)[C@@H](Cc3ccccc3)[C@@H]2CC#N)cc1. The summed E-state index contributed by atoms with van der Waals surface area (Å²) in [6.45, 7) is 3.75. The number of hydrogen-bond acceptors (Lipinski definition) is 5. The van der Waals surface area contributed by atoms with Crippen LogP contribution in [0.3, 0.4) is 0 Å². The lowest BCUT2D eigenvalue weighted by Crippen LogP contribution is -2.51. The van der Waals surface area contributed by atoms with Crippen molar-refractivity contribution in [2.24, 2.45) is 5.92 Å². The second-order valence-corrected chi connectivity index (χ2v) is 13.0. The van der Waals surface area contributed by atoms with E-state index in [4.69, 9.17) is 0 Å². The van der Waals surface area contributed by atoms with Gasteiger partial charge in [-0.3, -0.25) is 4.31 Å². The molecule has 3 aromatic rings. The fourth-order valence-electron chi connectivity index (χ4n) is 4.59. The number of rotatable bonds is 7. The maximum atomic E-state index is 13.8. The van der Waals surface area contributed by atoms with Crippen LogP contribution in [-0.4, -0.2) is 32.4 Å². The van der Waals surface area contributed by atoms with Crippen LogP contribution in [0.1, 0.15) is 23.1 Å². The van der Waals surface area contributed by atoms with Crippen LogP contribution >= 0.6 is 0 Å². The van der Waals surface area contributed by atoms with Crippen molar-refractivity contribution in [1.29, 1.82) is 5.26 Å². The highest BCUT2D eigenvalue weighted by Crippen LogP contribution is 2.37. The zero-order valence-corrected chi connectivity index (χ0v) is 21.8. The summed E-state index contributed by atoms with van der Waals surface area (Å²) >= 11 is 0. The topological polar surface area (TPSA) is 95.3 Å². The maximum absolute atomic E-state index is 13.8. The molecule has 0 fully saturated rings. The molecule has 0 aromatic heterocycles. The van der Waals surface area contributed by atoms with Crippen molar-refractivity contribution in [2.75, 3.05) is 0 Å². The van der Waals surface area contributed by atoms with Crippen LogP contribution in [0.25, 0.3) is 0 Å². The molecule has 0 N–H and O–H groups in total. The first-order valence-electron chi connectivity index (χ1n) is 11.6. The summed E-state index contributed by atoms with van der Waals surface area (Å²) < 4.78 is 56.2. The third-order valence-electron chi connectivity index (χ3n) is 6.58. The van der Waals surface area contributed by atoms with E-state index in [9.17, 15) is 22.1 Å². The molecule has 0 aliphatic carbocycles. The van der Waals surface area contributed by atoms with E-state index in [0.29, 0.717) is 0 Å². The Morgan fingerprint density at radius 3 is 1.92 bits per heavy atom. The molecule has 1 heterocycles. The van der Waals surface area contributed by atoms with Crippen molar-refractivity contribution >= 4 is 19.9 Å². The summed E-state index contributed by atoms with van der Waals surface area (Å²) in [7, 11) is -7.87. The molecule has 186 valence electrons. The van der Waals surface area contributed by atoms with E-state index in [1.807, 2.05) is 44.2 Å². The van der Waals surface area contributed by atoms with Gasteiger partial charge < -0.3 is 0 Å². The van der Waals surface area contributed by atoms with E-state index < -0.39 is 37.1 Å². The van der Waals surface area contributed by atoms with Gasteiger partial charge in [-0.05, 0) is 56.2 Å². The zero-order valence-electron chi connectivity index (χ0n) is 20.2. The summed E-state index contributed by atoms with van der Waals surface area (Å²) in [5.74, 6) is -0.772. The minimum atomic E-state index is -4.00. The molecular weight excluding hydrogens is 492 g/mol. The number of benzene rings is 3. The number of hydrogen-bond donors (Lipinski definition) is 0. The van der Waals surface area contributed by atoms with Crippen molar-refractivity contribution in [2.45, 2.75) is 47.8 Å². The van der Waals surface area contributed by atoms with Crippen LogP contribution in [0.15, 0.2) is 101 Å². The Hall–Kier alpha value is -3.41. The van der Waals surface area contributed by atoms with E-state index in [-0.39, 0.29) is 22.6 Å². The normalized spacial score (nSPS) is 20.1. The molecule has 0 spiro atoms. The Bertz CT molecular complexity index is 1490. The molecule has 36 heavy (non-hydrogen) atoms. The maximum Gasteiger partial charge on any atom is 0.264 e. The third-order valence-corrected chi connectivity index (χ3v) is 10.6. The molecule has 8 heteroatoms. The van der Waals surface area contributed by atoms with Gasteiger partial charge in [-0.15, -0.1) is 0 Å². The number of nitrogens with zero attached hydrogens (tertiary/aromatic N) is 2. The van der Waals surface area contributed by atoms with Crippen molar-refractivity contribution in [3.8, 4) is 6.07 Å². The second-order valence-electron chi connectivity index (χ2n) is 9.10. The zero-order chi connectivity index (χ0) is 25.9. The van der Waals surface area contributed by atoms with E-state index in [0.717, 1.165) is 16.7 Å². The molecule has 0 unspecified atom stereocenters. The van der Waals surface area contributed by atoms with Crippen LogP contribution in [0, 0.1) is 31.1 Å². The molecule has 0 radical (unpaired) electrons. The highest BCUT2D eigenvalue weighted by molar-refractivity contribution is 7.92. The average Bonchev–Trinajstić information content (AvgIpc) is 2.86. The Morgan fingerprint density at radius 2 is 1.36 bits per heavy atom. The van der Waals surface area contributed by atoms with Crippen LogP contribution in [0.4, 0.5) is 0 Å². The van der Waals surface area contributed by atoms with Gasteiger partial charge in [-0.25, -0.2) is 16.8 Å². The highest BCUT2D eigenvalue weighted by atomic mass is 32.2. The van der Waals surface area contributed by atoms with Gasteiger partial charge in [-0.2, -0.15) is 5.26 Å². The van der Waals surface area contributed by atoms with Gasteiger partial charge in [0.2, 0.25) is 0 Å². The molecule has 0 saturated carbocycles. The van der Waals surface area contributed by atoms with Crippen molar-refractivity contribution in [3.63, 3.8) is 0 Å². The summed E-state index contributed by atoms with van der Waals surface area (Å²) in [5.41, 5.74) is 2.71. The Kier molecular flexibility index (Phi) is 7.34. The standard InChI is InChI=1S/C28H28N2O4S2/c1-21-8-12-24(13-9-21)35(31,32)28-17-19-30(36(33,34)25-14-10-22(2)11-15-25)27(26(28)16-18-29)20-23-6-4-3-5-7-23/h3-15,17,19,26-28H,16,20H2,1-2H3/t26-,27-,28+/m0/s1. The van der Waals surface area contributed by atoms with Gasteiger partial charge in [0.25, 0.3) is 10.0 Å². The Morgan fingerprint density at radius 1 is 0.806 bits per heavy atom. The first kappa shape index (κ1) is 25.7.